The fourth-order valence-electron chi connectivity index (χ4n) is 2.08. The highest BCUT2D eigenvalue weighted by Crippen LogP contribution is 2.35. The number of rotatable bonds is 5. The van der Waals surface area contributed by atoms with Crippen molar-refractivity contribution in [1.82, 2.24) is 0 Å². The highest BCUT2D eigenvalue weighted by Gasteiger charge is 2.35. The standard InChI is InChI=1S/C14H18O2/c1-10-5-3-4-6-12(10)9-13(15)14(16-2)11-7-8-11/h3-6,11,14H,7-9H2,1-2H3. The number of aryl methyl sites for hydroxylation is 1. The molecule has 0 amide bonds. The van der Waals surface area contributed by atoms with E-state index in [0.717, 1.165) is 18.4 Å². The Kier molecular flexibility index (Phi) is 3.39. The quantitative estimate of drug-likeness (QED) is 0.759. The Morgan fingerprint density at radius 3 is 2.69 bits per heavy atom. The Morgan fingerprint density at radius 1 is 1.44 bits per heavy atom. The Morgan fingerprint density at radius 2 is 2.12 bits per heavy atom. The van der Waals surface area contributed by atoms with Crippen LogP contribution in [0.5, 0.6) is 0 Å². The summed E-state index contributed by atoms with van der Waals surface area (Å²) in [5.74, 6) is 0.695. The first-order chi connectivity index (χ1) is 7.72. The number of benzene rings is 1. The molecule has 1 fully saturated rings. The summed E-state index contributed by atoms with van der Waals surface area (Å²) in [4.78, 5) is 12.1. The molecule has 2 nitrogen and oxygen atoms in total. The molecule has 0 aliphatic heterocycles. The van der Waals surface area contributed by atoms with E-state index in [4.69, 9.17) is 4.74 Å². The van der Waals surface area contributed by atoms with Crippen LogP contribution in [0.4, 0.5) is 0 Å². The van der Waals surface area contributed by atoms with Crippen LogP contribution in [0.1, 0.15) is 24.0 Å². The molecular formula is C14H18O2. The van der Waals surface area contributed by atoms with Gasteiger partial charge >= 0.3 is 0 Å². The van der Waals surface area contributed by atoms with Gasteiger partial charge in [0.1, 0.15) is 6.10 Å². The van der Waals surface area contributed by atoms with Gasteiger partial charge in [-0.15, -0.1) is 0 Å². The van der Waals surface area contributed by atoms with Crippen molar-refractivity contribution in [3.05, 3.63) is 35.4 Å². The second-order valence-electron chi connectivity index (χ2n) is 4.56. The average Bonchev–Trinajstić information content (AvgIpc) is 3.07. The molecule has 0 spiro atoms. The normalized spacial score (nSPS) is 17.1. The van der Waals surface area contributed by atoms with E-state index < -0.39 is 0 Å². The first-order valence-electron chi connectivity index (χ1n) is 5.82. The van der Waals surface area contributed by atoms with Crippen LogP contribution in [0, 0.1) is 12.8 Å². The summed E-state index contributed by atoms with van der Waals surface area (Å²) in [5, 5.41) is 0. The third-order valence-electron chi connectivity index (χ3n) is 3.25. The third kappa shape index (κ3) is 2.50. The summed E-state index contributed by atoms with van der Waals surface area (Å²) in [7, 11) is 1.64. The maximum Gasteiger partial charge on any atom is 0.166 e. The van der Waals surface area contributed by atoms with Crippen LogP contribution < -0.4 is 0 Å². The molecule has 0 radical (unpaired) electrons. The van der Waals surface area contributed by atoms with Gasteiger partial charge in [0, 0.05) is 13.5 Å². The lowest BCUT2D eigenvalue weighted by molar-refractivity contribution is -0.129. The van der Waals surface area contributed by atoms with Crippen LogP contribution >= 0.6 is 0 Å². The van der Waals surface area contributed by atoms with Crippen molar-refractivity contribution >= 4 is 5.78 Å². The zero-order valence-corrected chi connectivity index (χ0v) is 9.90. The van der Waals surface area contributed by atoms with Crippen LogP contribution in [0.2, 0.25) is 0 Å². The number of hydrogen-bond acceptors (Lipinski definition) is 2. The minimum Gasteiger partial charge on any atom is -0.373 e. The second-order valence-corrected chi connectivity index (χ2v) is 4.56. The molecule has 0 N–H and O–H groups in total. The van der Waals surface area contributed by atoms with Crippen molar-refractivity contribution < 1.29 is 9.53 Å². The molecule has 1 atom stereocenters. The summed E-state index contributed by atoms with van der Waals surface area (Å²) in [6.45, 7) is 2.04. The number of ether oxygens (including phenoxy) is 1. The largest absolute Gasteiger partial charge is 0.373 e. The number of methoxy groups -OCH3 is 1. The molecule has 1 aromatic rings. The fourth-order valence-corrected chi connectivity index (χ4v) is 2.08. The van der Waals surface area contributed by atoms with Gasteiger partial charge in [0.15, 0.2) is 5.78 Å². The van der Waals surface area contributed by atoms with Gasteiger partial charge in [0.2, 0.25) is 0 Å². The number of carbonyl (C=O) groups is 1. The van der Waals surface area contributed by atoms with Crippen LogP contribution in [0.3, 0.4) is 0 Å². The van der Waals surface area contributed by atoms with Crippen LogP contribution in [-0.4, -0.2) is 19.0 Å². The van der Waals surface area contributed by atoms with Gasteiger partial charge in [0.05, 0.1) is 0 Å². The zero-order chi connectivity index (χ0) is 11.5. The van der Waals surface area contributed by atoms with Crippen LogP contribution in [0.15, 0.2) is 24.3 Å². The number of ketones is 1. The van der Waals surface area contributed by atoms with Gasteiger partial charge in [-0.3, -0.25) is 4.79 Å². The maximum absolute atomic E-state index is 12.1. The lowest BCUT2D eigenvalue weighted by atomic mass is 9.99. The van der Waals surface area contributed by atoms with Gasteiger partial charge in [-0.25, -0.2) is 0 Å². The molecule has 0 bridgehead atoms. The van der Waals surface area contributed by atoms with E-state index >= 15 is 0 Å². The van der Waals surface area contributed by atoms with E-state index in [9.17, 15) is 4.79 Å². The zero-order valence-electron chi connectivity index (χ0n) is 9.90. The Balaban J connectivity index is 2.03. The highest BCUT2D eigenvalue weighted by molar-refractivity contribution is 5.86. The van der Waals surface area contributed by atoms with Crippen LogP contribution in [-0.2, 0) is 16.0 Å². The number of Topliss-reactive ketones (excluding diaryl/α,β-unsaturated/α-hetero) is 1. The number of hydrogen-bond donors (Lipinski definition) is 0. The lowest BCUT2D eigenvalue weighted by Crippen LogP contribution is -2.27. The Labute approximate surface area is 96.6 Å². The predicted octanol–water partition coefficient (Wildman–Crippen LogP) is 2.53. The molecule has 0 aromatic heterocycles. The maximum atomic E-state index is 12.1. The highest BCUT2D eigenvalue weighted by atomic mass is 16.5. The van der Waals surface area contributed by atoms with Crippen molar-refractivity contribution in [3.63, 3.8) is 0 Å². The molecule has 2 rings (SSSR count). The SMILES string of the molecule is COC(C(=O)Cc1ccccc1C)C1CC1. The van der Waals surface area contributed by atoms with Crippen molar-refractivity contribution in [1.29, 1.82) is 0 Å². The van der Waals surface area contributed by atoms with Gasteiger partial charge in [-0.1, -0.05) is 24.3 Å². The third-order valence-corrected chi connectivity index (χ3v) is 3.25. The average molecular weight is 218 g/mol. The van der Waals surface area contributed by atoms with Crippen molar-refractivity contribution in [2.75, 3.05) is 7.11 Å². The van der Waals surface area contributed by atoms with E-state index in [1.54, 1.807) is 7.11 Å². The summed E-state index contributed by atoms with van der Waals surface area (Å²) >= 11 is 0. The van der Waals surface area contributed by atoms with Gasteiger partial charge in [0.25, 0.3) is 0 Å². The molecule has 1 saturated carbocycles. The van der Waals surface area contributed by atoms with E-state index in [1.165, 1.54) is 5.56 Å². The monoisotopic (exact) mass is 218 g/mol. The second kappa shape index (κ2) is 4.79. The van der Waals surface area contributed by atoms with Gasteiger partial charge in [-0.05, 0) is 36.8 Å². The molecule has 16 heavy (non-hydrogen) atoms. The molecule has 2 heteroatoms. The summed E-state index contributed by atoms with van der Waals surface area (Å²) in [5.41, 5.74) is 2.30. The first-order valence-corrected chi connectivity index (χ1v) is 5.82. The lowest BCUT2D eigenvalue weighted by Gasteiger charge is -2.13. The van der Waals surface area contributed by atoms with Crippen molar-refractivity contribution in [3.8, 4) is 0 Å². The molecule has 0 heterocycles. The molecule has 1 aromatic carbocycles. The molecule has 86 valence electrons. The topological polar surface area (TPSA) is 26.3 Å². The summed E-state index contributed by atoms with van der Waals surface area (Å²) in [6, 6.07) is 8.04. The molecular weight excluding hydrogens is 200 g/mol. The minimum absolute atomic E-state index is 0.181. The van der Waals surface area contributed by atoms with Crippen LogP contribution in [0.25, 0.3) is 0 Å². The summed E-state index contributed by atoms with van der Waals surface area (Å²) in [6.07, 6.45) is 2.59. The van der Waals surface area contributed by atoms with E-state index in [2.05, 4.69) is 0 Å². The van der Waals surface area contributed by atoms with Gasteiger partial charge in [-0.2, -0.15) is 0 Å². The number of carbonyl (C=O) groups excluding carboxylic acids is 1. The predicted molar refractivity (Wildman–Crippen MR) is 63.4 cm³/mol. The van der Waals surface area contributed by atoms with Gasteiger partial charge < -0.3 is 4.74 Å². The van der Waals surface area contributed by atoms with E-state index in [-0.39, 0.29) is 11.9 Å². The van der Waals surface area contributed by atoms with Crippen molar-refractivity contribution in [2.45, 2.75) is 32.3 Å². The molecule has 1 unspecified atom stereocenters. The first kappa shape index (κ1) is 11.3. The van der Waals surface area contributed by atoms with E-state index in [0.29, 0.717) is 12.3 Å². The summed E-state index contributed by atoms with van der Waals surface area (Å²) < 4.78 is 5.30. The molecule has 1 aliphatic rings. The minimum atomic E-state index is -0.181. The Hall–Kier alpha value is -1.15. The molecule has 0 saturated heterocycles. The fraction of sp³-hybridized carbons (Fsp3) is 0.500. The Bertz CT molecular complexity index is 380. The smallest absolute Gasteiger partial charge is 0.166 e. The molecule has 1 aliphatic carbocycles. The van der Waals surface area contributed by atoms with Crippen molar-refractivity contribution in [2.24, 2.45) is 5.92 Å². The van der Waals surface area contributed by atoms with E-state index in [1.807, 2.05) is 31.2 Å².